The van der Waals surface area contributed by atoms with Crippen LogP contribution in [-0.2, 0) is 20.6 Å². The minimum Gasteiger partial charge on any atom is -0.467 e. The molecule has 147 heavy (non-hydrogen) atoms. The van der Waals surface area contributed by atoms with E-state index in [-0.39, 0.29) is 59.9 Å². The van der Waals surface area contributed by atoms with Crippen LogP contribution >= 0.6 is 11.8 Å². The molecule has 32 rings (SSSR count). The van der Waals surface area contributed by atoms with Gasteiger partial charge in [-0.15, -0.1) is 11.8 Å². The maximum absolute atomic E-state index is 14.2. The lowest BCUT2D eigenvalue weighted by Crippen LogP contribution is -2.19. The van der Waals surface area contributed by atoms with E-state index in [1.807, 2.05) is 218 Å². The first-order valence-corrected chi connectivity index (χ1v) is 49.4. The molecule has 12 heterocycles. The molecule has 4 aliphatic rings. The predicted octanol–water partition coefficient (Wildman–Crippen LogP) is 26.5. The fourth-order valence-corrected chi connectivity index (χ4v) is 27.8. The summed E-state index contributed by atoms with van der Waals surface area (Å²) in [6.45, 7) is 31.5. The molecule has 1 atom stereocenters. The lowest BCUT2D eigenvalue weighted by atomic mass is 9.87. The first kappa shape index (κ1) is 83.2. The van der Waals surface area contributed by atoms with Crippen molar-refractivity contribution in [2.75, 3.05) is 0 Å². The van der Waals surface area contributed by atoms with Crippen molar-refractivity contribution in [1.82, 2.24) is 37.5 Å². The standard InChI is InChI=1S/C30H12N4O3S.C30H12N4O2S.C30H12N4O2.C30H12N4OS/c1-32-21-13-19-26-18(29-33-20-9-4-6-15-7-5-10-22(25(15)20)34(29)30(19)35)12-16(14-31)24-17-8-2-3-11-23(17)38(36,37)28(21)27(24)26;1-32-21-13-19-26-18(12-16(14-31)24-17-8-2-3-11-23(17)37(36)28(21)27(24)26)29-33-20-9-4-6-15-7-5-10-22(25(15)20)34(29)30(19)35;2*1-32-21-13-19-26-18(12-16(14-31)24-17-8-2-3-11-23(17)36-28(21)27(24)26)29-33-20-9-4-6-15-7-5-10-22(25(15)20)34(29)30(19)35/h2-13H;2-13H;2*2-13H. The van der Waals surface area contributed by atoms with E-state index >= 15 is 0 Å². The number of ether oxygens (including phenoxy) is 1. The fourth-order valence-electron chi connectivity index (χ4n) is 23.4. The average Bonchev–Trinajstić information content (AvgIpc) is 0.684. The summed E-state index contributed by atoms with van der Waals surface area (Å²) in [4.78, 5) is 93.6. The normalized spacial score (nSPS) is 13.2. The summed E-state index contributed by atoms with van der Waals surface area (Å²) in [6.07, 6.45) is 0. The number of hydrogen-bond acceptors (Lipinski definition) is 17. The number of pyridine rings is 4. The molecule has 4 aliphatic heterocycles. The molecule has 0 N–H and O–H groups in total. The number of aromatic nitrogens is 8. The van der Waals surface area contributed by atoms with Crippen LogP contribution in [0.15, 0.2) is 340 Å². The van der Waals surface area contributed by atoms with Crippen LogP contribution in [-0.4, -0.2) is 50.2 Å². The lowest BCUT2D eigenvalue weighted by Gasteiger charge is -2.25. The SMILES string of the molecule is [C-]#[N+]c1cc2c(=O)n3c4cccc5cccc(nc3c3cc(C#N)c6c(c1Oc1ccccc1-6)c23)c54.[C-]#[N+]c1cc2c(=O)n3c4cccc5cccc(nc3c3cc(C#N)c6c(c1S(=O)(=O)c1ccccc1-6)c23)c54.[C-]#[N+]c1cc2c(=O)n3c4cccc5cccc(nc3c3cc(C#N)c6c(c1S(=O)c1ccccc1-6)c23)c54.[C-]#[N+]c1cc2c(=O)n3c4cccc5cccc(nc3c3cc(C#N)c6c(c1Sc1ccccc1-6)c23)c54. The zero-order chi connectivity index (χ0) is 99.2. The Morgan fingerprint density at radius 2 is 0.673 bits per heavy atom. The highest BCUT2D eigenvalue weighted by Crippen LogP contribution is 2.59. The van der Waals surface area contributed by atoms with E-state index < -0.39 is 26.2 Å². The van der Waals surface area contributed by atoms with Gasteiger partial charge in [0.25, 0.3) is 22.2 Å². The molecule has 28 aromatic rings. The van der Waals surface area contributed by atoms with Crippen LogP contribution in [0.2, 0.25) is 0 Å². The Kier molecular flexibility index (Phi) is 16.9. The Balaban J connectivity index is 0.0000000926. The van der Waals surface area contributed by atoms with Crippen LogP contribution in [0, 0.1) is 71.6 Å². The number of nitrogens with zero attached hydrogens (tertiary/aromatic N) is 16. The van der Waals surface area contributed by atoms with Crippen molar-refractivity contribution in [3.63, 3.8) is 0 Å². The fraction of sp³-hybridized carbons (Fsp3) is 0. The minimum absolute atomic E-state index is 0.0383. The topological polar surface area (TPSA) is 311 Å². The van der Waals surface area contributed by atoms with Crippen LogP contribution in [0.1, 0.15) is 22.3 Å². The summed E-state index contributed by atoms with van der Waals surface area (Å²) in [6, 6.07) is 98.2. The monoisotopic (exact) mass is 1940 g/mol. The summed E-state index contributed by atoms with van der Waals surface area (Å²) < 4.78 is 54.2. The van der Waals surface area contributed by atoms with Gasteiger partial charge in [-0.25, -0.2) is 47.7 Å². The quantitative estimate of drug-likeness (QED) is 0.0773. The molecule has 8 aromatic heterocycles. The first-order chi connectivity index (χ1) is 71.9. The van der Waals surface area contributed by atoms with E-state index in [4.69, 9.17) is 51.0 Å². The third kappa shape index (κ3) is 10.8. The van der Waals surface area contributed by atoms with Gasteiger partial charge in [0.15, 0.2) is 9.84 Å². The van der Waals surface area contributed by atoms with Crippen LogP contribution in [0.25, 0.3) is 260 Å². The second kappa shape index (κ2) is 29.9. The van der Waals surface area contributed by atoms with Crippen molar-refractivity contribution < 1.29 is 17.4 Å². The van der Waals surface area contributed by atoms with Crippen molar-refractivity contribution in [3.8, 4) is 80.3 Å². The highest BCUT2D eigenvalue weighted by atomic mass is 32.2. The molecular formula is C120H48N16O8S3. The van der Waals surface area contributed by atoms with Gasteiger partial charge in [0, 0.05) is 146 Å². The van der Waals surface area contributed by atoms with Crippen LogP contribution < -0.4 is 27.0 Å². The molecule has 0 radical (unpaired) electrons. The van der Waals surface area contributed by atoms with Crippen LogP contribution in [0.4, 0.5) is 22.7 Å². The lowest BCUT2D eigenvalue weighted by molar-refractivity contribution is 0.490. The van der Waals surface area contributed by atoms with Gasteiger partial charge in [-0.05, 0) is 159 Å². The second-order valence-corrected chi connectivity index (χ2v) is 40.5. The molecule has 0 bridgehead atoms. The molecule has 20 aromatic carbocycles. The van der Waals surface area contributed by atoms with Gasteiger partial charge in [0.05, 0.1) is 147 Å². The molecular weight excluding hydrogens is 1890 g/mol. The molecule has 0 saturated heterocycles. The summed E-state index contributed by atoms with van der Waals surface area (Å²) in [7, 11) is -5.76. The maximum atomic E-state index is 14.2. The zero-order valence-corrected chi connectivity index (χ0v) is 77.8. The number of para-hydroxylation sites is 1. The Morgan fingerprint density at radius 1 is 0.327 bits per heavy atom. The Morgan fingerprint density at radius 3 is 1.12 bits per heavy atom. The van der Waals surface area contributed by atoms with Crippen molar-refractivity contribution in [3.05, 3.63) is 401 Å². The third-order valence-electron chi connectivity index (χ3n) is 29.2. The summed E-state index contributed by atoms with van der Waals surface area (Å²) in [5, 5.41) is 56.9. The average molecular weight is 1940 g/mol. The Labute approximate surface area is 831 Å². The van der Waals surface area contributed by atoms with Gasteiger partial charge >= 0.3 is 0 Å². The molecule has 0 fully saturated rings. The Bertz CT molecular complexity index is 11800. The third-order valence-corrected chi connectivity index (χ3v) is 33.8. The molecule has 27 heteroatoms. The molecule has 674 valence electrons. The largest absolute Gasteiger partial charge is 0.467 e. The van der Waals surface area contributed by atoms with E-state index in [2.05, 4.69) is 43.7 Å². The van der Waals surface area contributed by atoms with E-state index in [1.165, 1.54) is 28.3 Å². The highest BCUT2D eigenvalue weighted by molar-refractivity contribution is 8.00. The van der Waals surface area contributed by atoms with E-state index in [0.717, 1.165) is 113 Å². The minimum atomic E-state index is -4.11. The molecule has 24 nitrogen and oxygen atoms in total. The van der Waals surface area contributed by atoms with Gasteiger partial charge in [-0.3, -0.25) is 41.0 Å². The highest BCUT2D eigenvalue weighted by Gasteiger charge is 2.40. The molecule has 0 amide bonds. The van der Waals surface area contributed by atoms with Crippen LogP contribution in [0.5, 0.6) is 11.5 Å². The zero-order valence-electron chi connectivity index (χ0n) is 75.4. The smallest absolute Gasteiger partial charge is 0.263 e. The van der Waals surface area contributed by atoms with Gasteiger partial charge in [-0.2, -0.15) is 21.0 Å². The number of hydrogen-bond donors (Lipinski definition) is 0. The first-order valence-electron chi connectivity index (χ1n) is 46.0. The van der Waals surface area contributed by atoms with Crippen molar-refractivity contribution in [2.45, 2.75) is 29.4 Å². The van der Waals surface area contributed by atoms with Gasteiger partial charge in [0.2, 0.25) is 22.7 Å². The van der Waals surface area contributed by atoms with Gasteiger partial charge in [-0.1, -0.05) is 170 Å². The summed E-state index contributed by atoms with van der Waals surface area (Å²) >= 11 is 1.52. The molecule has 0 aliphatic carbocycles. The van der Waals surface area contributed by atoms with Crippen molar-refractivity contribution >= 4 is 251 Å². The van der Waals surface area contributed by atoms with Gasteiger partial charge in [0.1, 0.15) is 34.1 Å². The summed E-state index contributed by atoms with van der Waals surface area (Å²) in [5.74, 6) is 0.949. The van der Waals surface area contributed by atoms with Crippen LogP contribution in [0.3, 0.4) is 0 Å². The number of sulfone groups is 1. The number of benzene rings is 20. The van der Waals surface area contributed by atoms with E-state index in [0.29, 0.717) is 170 Å². The van der Waals surface area contributed by atoms with Gasteiger partial charge < -0.3 is 4.74 Å². The van der Waals surface area contributed by atoms with E-state index in [9.17, 15) is 52.9 Å². The molecule has 0 spiro atoms. The number of rotatable bonds is 0. The predicted molar refractivity (Wildman–Crippen MR) is 571 cm³/mol. The molecule has 0 saturated carbocycles. The molecule has 1 unspecified atom stereocenters. The van der Waals surface area contributed by atoms with Crippen molar-refractivity contribution in [1.29, 1.82) is 21.0 Å². The number of nitriles is 4. The second-order valence-electron chi connectivity index (χ2n) is 36.2. The number of fused-ring (bicyclic) bond motifs is 20. The van der Waals surface area contributed by atoms with Crippen molar-refractivity contribution in [2.24, 2.45) is 0 Å². The Hall–Kier alpha value is -20.8. The van der Waals surface area contributed by atoms with E-state index in [1.54, 1.807) is 73.9 Å². The summed E-state index contributed by atoms with van der Waals surface area (Å²) in [5.41, 5.74) is 13.9. The maximum Gasteiger partial charge on any atom is 0.263 e.